The monoisotopic (exact) mass is 586 g/mol. The highest BCUT2D eigenvalue weighted by atomic mass is 32.2. The van der Waals surface area contributed by atoms with E-state index in [-0.39, 0.29) is 40.9 Å². The van der Waals surface area contributed by atoms with E-state index in [0.29, 0.717) is 25.9 Å². The maximum Gasteiger partial charge on any atom is 0.269 e. The Morgan fingerprint density at radius 1 is 1.00 bits per heavy atom. The molecule has 0 bridgehead atoms. The molecule has 0 radical (unpaired) electrons. The van der Waals surface area contributed by atoms with Crippen molar-refractivity contribution in [3.63, 3.8) is 0 Å². The van der Waals surface area contributed by atoms with Gasteiger partial charge in [-0.05, 0) is 48.6 Å². The number of amides is 2. The van der Waals surface area contributed by atoms with Crippen molar-refractivity contribution in [1.29, 1.82) is 0 Å². The highest BCUT2D eigenvalue weighted by molar-refractivity contribution is 7.90. The smallest absolute Gasteiger partial charge is 0.269 e. The van der Waals surface area contributed by atoms with Gasteiger partial charge in [0.25, 0.3) is 15.9 Å². The summed E-state index contributed by atoms with van der Waals surface area (Å²) < 4.78 is 70.5. The number of halogens is 3. The second kappa shape index (κ2) is 11.2. The van der Waals surface area contributed by atoms with Crippen LogP contribution in [0.2, 0.25) is 0 Å². The Morgan fingerprint density at radius 3 is 2.37 bits per heavy atom. The molecule has 0 aliphatic carbocycles. The standard InChI is InChI=1S/C27H25F3N6O4S/c1-2-24(37)34-41(39,40)23-15-32-36-25(33-22-13-19(29)7-8-21(22)30)20(14-31-26(23)36)27(38)35-11-9-17(10-12-35)16-3-5-18(28)6-4-16/h3-8,13-15,17,33H,2,9-12H2,1H3,(H,34,37). The number of nitrogens with one attached hydrogen (secondary N) is 2. The summed E-state index contributed by atoms with van der Waals surface area (Å²) in [6.07, 6.45) is 3.20. The van der Waals surface area contributed by atoms with Gasteiger partial charge in [-0.25, -0.2) is 31.3 Å². The van der Waals surface area contributed by atoms with Crippen molar-refractivity contribution in [2.75, 3.05) is 18.4 Å². The molecule has 1 fully saturated rings. The lowest BCUT2D eigenvalue weighted by atomic mass is 9.89. The van der Waals surface area contributed by atoms with Gasteiger partial charge >= 0.3 is 0 Å². The molecule has 4 aromatic rings. The van der Waals surface area contributed by atoms with Gasteiger partial charge in [0, 0.05) is 31.8 Å². The number of hydrogen-bond acceptors (Lipinski definition) is 7. The molecule has 0 unspecified atom stereocenters. The average Bonchev–Trinajstić information content (AvgIpc) is 3.41. The van der Waals surface area contributed by atoms with Crippen LogP contribution in [0.15, 0.2) is 59.8 Å². The van der Waals surface area contributed by atoms with Crippen LogP contribution in [-0.4, -0.2) is 52.8 Å². The number of carbonyl (C=O) groups is 2. The molecule has 214 valence electrons. The summed E-state index contributed by atoms with van der Waals surface area (Å²) in [6.45, 7) is 2.19. The third-order valence-corrected chi connectivity index (χ3v) is 8.25. The Hall–Kier alpha value is -4.46. The molecule has 3 heterocycles. The molecule has 2 aromatic carbocycles. The van der Waals surface area contributed by atoms with E-state index in [9.17, 15) is 31.2 Å². The van der Waals surface area contributed by atoms with E-state index in [0.717, 1.165) is 40.7 Å². The second-order valence-corrected chi connectivity index (χ2v) is 11.2. The van der Waals surface area contributed by atoms with Crippen LogP contribution >= 0.6 is 0 Å². The summed E-state index contributed by atoms with van der Waals surface area (Å²) in [6, 6.07) is 8.93. The number of anilines is 2. The van der Waals surface area contributed by atoms with Crippen LogP contribution in [0.5, 0.6) is 0 Å². The van der Waals surface area contributed by atoms with E-state index in [1.165, 1.54) is 19.1 Å². The van der Waals surface area contributed by atoms with Crippen LogP contribution in [0.25, 0.3) is 5.65 Å². The van der Waals surface area contributed by atoms with Crippen molar-refractivity contribution in [2.24, 2.45) is 0 Å². The third-order valence-electron chi connectivity index (χ3n) is 6.89. The maximum absolute atomic E-state index is 14.6. The molecule has 2 aromatic heterocycles. The predicted octanol–water partition coefficient (Wildman–Crippen LogP) is 4.12. The predicted molar refractivity (Wildman–Crippen MR) is 143 cm³/mol. The molecule has 2 N–H and O–H groups in total. The lowest BCUT2D eigenvalue weighted by Crippen LogP contribution is -2.38. The highest BCUT2D eigenvalue weighted by Crippen LogP contribution is 2.31. The fourth-order valence-corrected chi connectivity index (χ4v) is 5.81. The molecule has 2 amide bonds. The number of rotatable bonds is 7. The van der Waals surface area contributed by atoms with E-state index in [4.69, 9.17) is 0 Å². The first-order valence-electron chi connectivity index (χ1n) is 12.8. The molecule has 1 aliphatic rings. The Bertz CT molecular complexity index is 1740. The SMILES string of the molecule is CCC(=O)NS(=O)(=O)c1cnn2c(Nc3cc(F)ccc3F)c(C(=O)N3CCC(c4ccc(F)cc4)CC3)cnc12. The van der Waals surface area contributed by atoms with Crippen LogP contribution in [0.3, 0.4) is 0 Å². The van der Waals surface area contributed by atoms with Gasteiger partial charge < -0.3 is 10.2 Å². The largest absolute Gasteiger partial charge is 0.338 e. The summed E-state index contributed by atoms with van der Waals surface area (Å²) in [5.41, 5.74) is 0.338. The molecule has 41 heavy (non-hydrogen) atoms. The quantitative estimate of drug-likeness (QED) is 0.334. The van der Waals surface area contributed by atoms with E-state index < -0.39 is 38.4 Å². The molecule has 5 rings (SSSR count). The van der Waals surface area contributed by atoms with E-state index in [2.05, 4.69) is 15.4 Å². The third kappa shape index (κ3) is 5.73. The van der Waals surface area contributed by atoms with Gasteiger partial charge in [0.05, 0.1) is 11.9 Å². The Balaban J connectivity index is 1.51. The normalized spacial score (nSPS) is 14.3. The zero-order valence-corrected chi connectivity index (χ0v) is 22.6. The minimum atomic E-state index is -4.37. The number of sulfonamides is 1. The van der Waals surface area contributed by atoms with Crippen LogP contribution in [0.1, 0.15) is 48.0 Å². The highest BCUT2D eigenvalue weighted by Gasteiger charge is 2.30. The molecule has 1 saturated heterocycles. The van der Waals surface area contributed by atoms with Gasteiger partial charge in [-0.2, -0.15) is 9.61 Å². The van der Waals surface area contributed by atoms with Crippen LogP contribution in [0.4, 0.5) is 24.7 Å². The summed E-state index contributed by atoms with van der Waals surface area (Å²) in [5.74, 6) is -3.17. The van der Waals surface area contributed by atoms with E-state index in [1.54, 1.807) is 17.0 Å². The van der Waals surface area contributed by atoms with Gasteiger partial charge in [0.15, 0.2) is 10.5 Å². The van der Waals surface area contributed by atoms with Crippen molar-refractivity contribution in [3.05, 3.63) is 83.4 Å². The summed E-state index contributed by atoms with van der Waals surface area (Å²) in [5, 5.41) is 6.74. The zero-order chi connectivity index (χ0) is 29.3. The lowest BCUT2D eigenvalue weighted by Gasteiger charge is -2.32. The molecule has 0 atom stereocenters. The van der Waals surface area contributed by atoms with Crippen molar-refractivity contribution in [3.8, 4) is 0 Å². The fourth-order valence-electron chi connectivity index (χ4n) is 4.70. The maximum atomic E-state index is 14.6. The lowest BCUT2D eigenvalue weighted by molar-refractivity contribution is -0.119. The zero-order valence-electron chi connectivity index (χ0n) is 21.8. The number of fused-ring (bicyclic) bond motifs is 1. The second-order valence-electron chi connectivity index (χ2n) is 9.51. The van der Waals surface area contributed by atoms with Crippen LogP contribution in [0, 0.1) is 17.5 Å². The average molecular weight is 587 g/mol. The van der Waals surface area contributed by atoms with Gasteiger partial charge in [0.1, 0.15) is 28.8 Å². The van der Waals surface area contributed by atoms with Gasteiger partial charge in [0.2, 0.25) is 5.91 Å². The topological polar surface area (TPSA) is 126 Å². The van der Waals surface area contributed by atoms with Gasteiger partial charge in [-0.1, -0.05) is 19.1 Å². The number of likely N-dealkylation sites (tertiary alicyclic amines) is 1. The first-order valence-corrected chi connectivity index (χ1v) is 14.2. The summed E-state index contributed by atoms with van der Waals surface area (Å²) >= 11 is 0. The number of carbonyl (C=O) groups excluding carboxylic acids is 2. The fraction of sp³-hybridized carbons (Fsp3) is 0.259. The molecule has 10 nitrogen and oxygen atoms in total. The van der Waals surface area contributed by atoms with Crippen molar-refractivity contribution >= 4 is 39.0 Å². The minimum absolute atomic E-state index is 0.0639. The van der Waals surface area contributed by atoms with E-state index >= 15 is 0 Å². The Labute approximate surface area is 233 Å². The van der Waals surface area contributed by atoms with Gasteiger partial charge in [-0.15, -0.1) is 0 Å². The number of benzene rings is 2. The van der Waals surface area contributed by atoms with Crippen LogP contribution in [-0.2, 0) is 14.8 Å². The number of hydrogen-bond donors (Lipinski definition) is 2. The first-order chi connectivity index (χ1) is 19.6. The molecule has 14 heteroatoms. The molecular formula is C27H25F3N6O4S. The Kier molecular flexibility index (Phi) is 7.67. The van der Waals surface area contributed by atoms with Crippen molar-refractivity contribution in [1.82, 2.24) is 24.2 Å². The molecule has 0 saturated carbocycles. The number of piperidine rings is 1. The Morgan fingerprint density at radius 2 is 1.68 bits per heavy atom. The van der Waals surface area contributed by atoms with Crippen LogP contribution < -0.4 is 10.0 Å². The molecule has 1 aliphatic heterocycles. The van der Waals surface area contributed by atoms with Gasteiger partial charge in [-0.3, -0.25) is 9.59 Å². The molecule has 0 spiro atoms. The minimum Gasteiger partial charge on any atom is -0.338 e. The summed E-state index contributed by atoms with van der Waals surface area (Å²) in [4.78, 5) is 30.8. The first kappa shape index (κ1) is 28.1. The van der Waals surface area contributed by atoms with Crippen molar-refractivity contribution in [2.45, 2.75) is 37.0 Å². The molecular weight excluding hydrogens is 561 g/mol. The number of nitrogens with zero attached hydrogens (tertiary/aromatic N) is 4. The number of aromatic nitrogens is 3. The van der Waals surface area contributed by atoms with E-state index in [1.807, 2.05) is 4.72 Å². The van der Waals surface area contributed by atoms with Crippen molar-refractivity contribution < 1.29 is 31.2 Å². The summed E-state index contributed by atoms with van der Waals surface area (Å²) in [7, 11) is -4.37.